The van der Waals surface area contributed by atoms with Crippen molar-refractivity contribution in [3.05, 3.63) is 87.5 Å². The molecule has 3 aromatic carbocycles. The van der Waals surface area contributed by atoms with Gasteiger partial charge in [0.25, 0.3) is 0 Å². The summed E-state index contributed by atoms with van der Waals surface area (Å²) in [5, 5.41) is 67.4. The first-order valence-electron chi connectivity index (χ1n) is 16.2. The number of fused-ring (bicyclic) bond motifs is 1. The Bertz CT molecular complexity index is 1930. The SMILES string of the molecule is CC(C)(C)c1cc(Br)cc(C(NC(=O)CNC(O)c2cc(O)cc(NC3=NCC(O)CN3)c2)[C@H](NC(O)c2[nH]c3ccccc3c2N)C(=O)O)c1. The van der Waals surface area contributed by atoms with E-state index in [0.29, 0.717) is 39.1 Å². The van der Waals surface area contributed by atoms with Crippen molar-refractivity contribution in [1.82, 2.24) is 26.3 Å². The number of nitrogens with one attached hydrogen (secondary N) is 6. The zero-order chi connectivity index (χ0) is 37.0. The lowest BCUT2D eigenvalue weighted by Gasteiger charge is -2.30. The maximum atomic E-state index is 13.5. The molecule has 15 nitrogen and oxygen atoms in total. The van der Waals surface area contributed by atoms with Crippen LogP contribution in [-0.2, 0) is 15.0 Å². The number of phenolic OH excluding ortho intramolecular Hbond substituents is 1. The van der Waals surface area contributed by atoms with Crippen LogP contribution in [0.25, 0.3) is 10.9 Å². The first kappa shape index (κ1) is 37.5. The molecule has 1 aromatic heterocycles. The number of aromatic hydroxyl groups is 1. The highest BCUT2D eigenvalue weighted by molar-refractivity contribution is 9.10. The number of hydrogen-bond acceptors (Lipinski definition) is 12. The van der Waals surface area contributed by atoms with E-state index < -0.39 is 49.1 Å². The molecule has 1 aliphatic heterocycles. The molecule has 4 aromatic rings. The summed E-state index contributed by atoms with van der Waals surface area (Å²) >= 11 is 3.52. The number of aromatic nitrogens is 1. The molecule has 1 amide bonds. The number of phenols is 1. The molecule has 13 N–H and O–H groups in total. The number of carbonyl (C=O) groups is 2. The minimum Gasteiger partial charge on any atom is -0.508 e. The Hall–Kier alpha value is -4.71. The summed E-state index contributed by atoms with van der Waals surface area (Å²) in [6.07, 6.45) is -3.58. The van der Waals surface area contributed by atoms with Crippen LogP contribution in [0.2, 0.25) is 0 Å². The molecule has 1 aliphatic rings. The molecule has 0 saturated heterocycles. The summed E-state index contributed by atoms with van der Waals surface area (Å²) in [6.45, 7) is 6.04. The monoisotopic (exact) mass is 766 g/mol. The minimum atomic E-state index is -1.56. The van der Waals surface area contributed by atoms with Crippen molar-refractivity contribution in [2.75, 3.05) is 30.7 Å². The number of aromatic amines is 1. The predicted octanol–water partition coefficient (Wildman–Crippen LogP) is 2.42. The Morgan fingerprint density at radius 3 is 2.47 bits per heavy atom. The number of guanidine groups is 1. The van der Waals surface area contributed by atoms with E-state index in [1.54, 1.807) is 42.5 Å². The molecule has 5 atom stereocenters. The van der Waals surface area contributed by atoms with Crippen LogP contribution >= 0.6 is 15.9 Å². The van der Waals surface area contributed by atoms with Gasteiger partial charge in [-0.05, 0) is 46.9 Å². The number of nitrogens with two attached hydrogens (primary N) is 1. The third kappa shape index (κ3) is 9.35. The van der Waals surface area contributed by atoms with Crippen LogP contribution in [0.5, 0.6) is 5.75 Å². The largest absolute Gasteiger partial charge is 0.508 e. The van der Waals surface area contributed by atoms with Crippen molar-refractivity contribution in [2.45, 2.75) is 56.8 Å². The van der Waals surface area contributed by atoms with Gasteiger partial charge in [0, 0.05) is 39.2 Å². The van der Waals surface area contributed by atoms with E-state index in [9.17, 15) is 35.1 Å². The number of carboxylic acids is 1. The molecule has 4 unspecified atom stereocenters. The molecular weight excluding hydrogens is 724 g/mol. The molecule has 0 aliphatic carbocycles. The van der Waals surface area contributed by atoms with Gasteiger partial charge in [-0.3, -0.25) is 25.2 Å². The van der Waals surface area contributed by atoms with E-state index in [4.69, 9.17) is 5.73 Å². The number of aliphatic hydroxyl groups is 3. The Morgan fingerprint density at radius 2 is 1.80 bits per heavy atom. The number of nitrogen functional groups attached to an aromatic ring is 1. The second-order valence-electron chi connectivity index (χ2n) is 13.4. The van der Waals surface area contributed by atoms with Crippen LogP contribution in [0.1, 0.15) is 61.7 Å². The van der Waals surface area contributed by atoms with Gasteiger partial charge in [0.2, 0.25) is 5.91 Å². The van der Waals surface area contributed by atoms with Crippen molar-refractivity contribution >= 4 is 56.0 Å². The summed E-state index contributed by atoms with van der Waals surface area (Å²) in [4.78, 5) is 33.6. The summed E-state index contributed by atoms with van der Waals surface area (Å²) in [6, 6.07) is 14.0. The lowest BCUT2D eigenvalue weighted by molar-refractivity contribution is -0.142. The Balaban J connectivity index is 1.37. The van der Waals surface area contributed by atoms with Crippen LogP contribution in [-0.4, -0.2) is 80.1 Å². The van der Waals surface area contributed by atoms with E-state index in [1.165, 1.54) is 12.1 Å². The number of H-pyrrole nitrogens is 1. The van der Waals surface area contributed by atoms with Crippen molar-refractivity contribution in [3.63, 3.8) is 0 Å². The van der Waals surface area contributed by atoms with Crippen LogP contribution in [0.4, 0.5) is 11.4 Å². The van der Waals surface area contributed by atoms with Gasteiger partial charge in [-0.1, -0.05) is 61.0 Å². The van der Waals surface area contributed by atoms with E-state index in [2.05, 4.69) is 52.5 Å². The molecule has 0 fully saturated rings. The smallest absolute Gasteiger partial charge is 0.323 e. The third-order valence-corrected chi connectivity index (χ3v) is 8.85. The highest BCUT2D eigenvalue weighted by Gasteiger charge is 2.35. The normalized spacial score (nSPS) is 17.2. The second-order valence-corrected chi connectivity index (χ2v) is 14.3. The number of benzene rings is 3. The van der Waals surface area contributed by atoms with Gasteiger partial charge < -0.3 is 52.2 Å². The number of hydrogen-bond donors (Lipinski definition) is 12. The predicted molar refractivity (Wildman–Crippen MR) is 197 cm³/mol. The van der Waals surface area contributed by atoms with Crippen LogP contribution in [0.3, 0.4) is 0 Å². The minimum absolute atomic E-state index is 0.161. The standard InChI is InChI=1S/C35H43BrN8O7/c1-35(2,3)19-8-17(9-20(36)12-19)28(30(33(50)51)44-32(49)29-27(37)24-6-4-5-7-25(24)42-29)43-26(47)16-38-31(48)18-10-21(13-22(45)11-18)41-34-39-14-23(46)15-40-34/h4-13,23,28,30-32,38,42,44-46,48-49H,14-16,37H2,1-3H3,(H,43,47)(H,50,51)(H2,39,40,41)/t28?,30-,31?,32?/m0/s1. The number of para-hydroxylation sites is 1. The fourth-order valence-corrected chi connectivity index (χ4v) is 6.21. The van der Waals surface area contributed by atoms with E-state index in [-0.39, 0.29) is 34.7 Å². The average molecular weight is 768 g/mol. The molecule has 272 valence electrons. The van der Waals surface area contributed by atoms with E-state index >= 15 is 0 Å². The van der Waals surface area contributed by atoms with Gasteiger partial charge in [-0.15, -0.1) is 0 Å². The number of β-amino-alcohol motifs (C(OH)–C–C–N with tert-alkyl or cyclic N) is 1. The summed E-state index contributed by atoms with van der Waals surface area (Å²) in [5.74, 6) is -1.80. The highest BCUT2D eigenvalue weighted by atomic mass is 79.9. The topological polar surface area (TPSA) is 250 Å². The number of carbonyl (C=O) groups excluding carboxylic acids is 1. The molecule has 0 spiro atoms. The highest BCUT2D eigenvalue weighted by Crippen LogP contribution is 2.33. The van der Waals surface area contributed by atoms with Crippen LogP contribution in [0.15, 0.2) is 70.1 Å². The van der Waals surface area contributed by atoms with E-state index in [1.807, 2.05) is 26.8 Å². The molecule has 0 radical (unpaired) electrons. The number of nitrogens with zero attached hydrogens (tertiary/aromatic N) is 1. The first-order chi connectivity index (χ1) is 24.1. The summed E-state index contributed by atoms with van der Waals surface area (Å²) in [7, 11) is 0. The molecule has 51 heavy (non-hydrogen) atoms. The van der Waals surface area contributed by atoms with Gasteiger partial charge in [0.1, 0.15) is 24.2 Å². The van der Waals surface area contributed by atoms with Gasteiger partial charge >= 0.3 is 5.97 Å². The zero-order valence-electron chi connectivity index (χ0n) is 28.2. The lowest BCUT2D eigenvalue weighted by Crippen LogP contribution is -2.51. The number of aliphatic hydroxyl groups excluding tert-OH is 3. The summed E-state index contributed by atoms with van der Waals surface area (Å²) < 4.78 is 0.654. The molecule has 5 rings (SSSR count). The van der Waals surface area contributed by atoms with Gasteiger partial charge in [-0.25, -0.2) is 0 Å². The number of aliphatic imine (C=N–C) groups is 1. The fourth-order valence-electron chi connectivity index (χ4n) is 5.70. The van der Waals surface area contributed by atoms with Gasteiger partial charge in [-0.2, -0.15) is 0 Å². The third-order valence-electron chi connectivity index (χ3n) is 8.39. The molecular formula is C35H43BrN8O7. The number of halogens is 1. The maximum Gasteiger partial charge on any atom is 0.323 e. The van der Waals surface area contributed by atoms with Crippen molar-refractivity contribution < 1.29 is 35.1 Å². The second kappa shape index (κ2) is 15.7. The van der Waals surface area contributed by atoms with Gasteiger partial charge in [0.05, 0.1) is 36.6 Å². The van der Waals surface area contributed by atoms with Crippen molar-refractivity contribution in [3.8, 4) is 5.75 Å². The Kier molecular flexibility index (Phi) is 11.5. The van der Waals surface area contributed by atoms with Gasteiger partial charge in [0.15, 0.2) is 5.96 Å². The zero-order valence-corrected chi connectivity index (χ0v) is 29.8. The number of aliphatic carboxylic acids is 1. The molecule has 0 saturated carbocycles. The fraction of sp³-hybridized carbons (Fsp3) is 0.343. The Morgan fingerprint density at radius 1 is 1.06 bits per heavy atom. The summed E-state index contributed by atoms with van der Waals surface area (Å²) in [5.41, 5.74) is 8.98. The van der Waals surface area contributed by atoms with Crippen molar-refractivity contribution in [1.29, 1.82) is 0 Å². The number of rotatable bonds is 12. The Labute approximate surface area is 302 Å². The molecule has 0 bridgehead atoms. The number of anilines is 2. The first-order valence-corrected chi connectivity index (χ1v) is 17.0. The number of amides is 1. The van der Waals surface area contributed by atoms with Crippen LogP contribution in [0, 0.1) is 0 Å². The average Bonchev–Trinajstić information content (AvgIpc) is 3.41. The number of carboxylic acid groups (broad SMARTS) is 1. The molecule has 16 heteroatoms. The van der Waals surface area contributed by atoms with E-state index in [0.717, 1.165) is 5.56 Å². The molecule has 2 heterocycles. The maximum absolute atomic E-state index is 13.5. The quantitative estimate of drug-likeness (QED) is 0.0930. The van der Waals surface area contributed by atoms with Crippen LogP contribution < -0.4 is 32.3 Å². The van der Waals surface area contributed by atoms with Crippen molar-refractivity contribution in [2.24, 2.45) is 4.99 Å². The lowest BCUT2D eigenvalue weighted by atomic mass is 9.84.